The molecule has 0 aromatic heterocycles. The highest BCUT2D eigenvalue weighted by Gasteiger charge is 2.22. The van der Waals surface area contributed by atoms with E-state index in [4.69, 9.17) is 4.43 Å². The lowest BCUT2D eigenvalue weighted by molar-refractivity contribution is 0.435. The maximum atomic E-state index is 10.3. The standard InChI is InChI=1S/C21H43O2Si/c1-4-5-6-7-8-9-10-11-12-13-14-15-16-17-18-19-20-24(2,3)23-21-22/h4-20H2,1-3H3. The van der Waals surface area contributed by atoms with Gasteiger partial charge in [0, 0.05) is 0 Å². The molecule has 0 saturated heterocycles. The van der Waals surface area contributed by atoms with E-state index in [1.807, 2.05) is 0 Å². The van der Waals surface area contributed by atoms with Gasteiger partial charge in [-0.3, -0.25) is 0 Å². The molecule has 0 unspecified atom stereocenters. The van der Waals surface area contributed by atoms with Crippen LogP contribution >= 0.6 is 0 Å². The van der Waals surface area contributed by atoms with Crippen molar-refractivity contribution in [3.63, 3.8) is 0 Å². The van der Waals surface area contributed by atoms with Gasteiger partial charge in [0.1, 0.15) is 0 Å². The van der Waals surface area contributed by atoms with Crippen LogP contribution in [0.25, 0.3) is 0 Å². The molecule has 0 atom stereocenters. The van der Waals surface area contributed by atoms with E-state index in [1.54, 1.807) is 6.47 Å². The van der Waals surface area contributed by atoms with Gasteiger partial charge in [0.05, 0.1) is 0 Å². The Balaban J connectivity index is 3.11. The lowest BCUT2D eigenvalue weighted by Gasteiger charge is -2.18. The number of carbonyl (C=O) groups excluding carboxylic acids is 1. The van der Waals surface area contributed by atoms with Crippen LogP contribution in [0, 0.1) is 0 Å². The van der Waals surface area contributed by atoms with E-state index >= 15 is 0 Å². The summed E-state index contributed by atoms with van der Waals surface area (Å²) in [5.41, 5.74) is 0. The highest BCUT2D eigenvalue weighted by molar-refractivity contribution is 6.72. The number of hydrogen-bond donors (Lipinski definition) is 0. The van der Waals surface area contributed by atoms with Crippen LogP contribution < -0.4 is 0 Å². The van der Waals surface area contributed by atoms with Gasteiger partial charge in [0.25, 0.3) is 0 Å². The first-order valence-electron chi connectivity index (χ1n) is 10.7. The zero-order valence-electron chi connectivity index (χ0n) is 16.8. The summed E-state index contributed by atoms with van der Waals surface area (Å²) in [5, 5.41) is 0. The van der Waals surface area contributed by atoms with Crippen molar-refractivity contribution < 1.29 is 9.22 Å². The zero-order chi connectivity index (χ0) is 17.9. The van der Waals surface area contributed by atoms with Crippen LogP contribution in [-0.2, 0) is 9.22 Å². The van der Waals surface area contributed by atoms with E-state index in [0.717, 1.165) is 6.04 Å². The summed E-state index contributed by atoms with van der Waals surface area (Å²) in [4.78, 5) is 10.3. The van der Waals surface area contributed by atoms with Gasteiger partial charge in [-0.1, -0.05) is 110 Å². The third-order valence-electron chi connectivity index (χ3n) is 4.95. The van der Waals surface area contributed by atoms with Crippen molar-refractivity contribution in [1.29, 1.82) is 0 Å². The molecule has 0 bridgehead atoms. The molecule has 24 heavy (non-hydrogen) atoms. The van der Waals surface area contributed by atoms with E-state index in [0.29, 0.717) is 0 Å². The van der Waals surface area contributed by atoms with Gasteiger partial charge in [-0.05, 0) is 19.1 Å². The van der Waals surface area contributed by atoms with Crippen LogP contribution in [0.4, 0.5) is 0 Å². The highest BCUT2D eigenvalue weighted by atomic mass is 28.4. The van der Waals surface area contributed by atoms with E-state index in [2.05, 4.69) is 20.0 Å². The molecule has 0 spiro atoms. The Bertz CT molecular complexity index is 267. The maximum absolute atomic E-state index is 10.3. The molecule has 0 rings (SSSR count). The molecular weight excluding hydrogens is 312 g/mol. The molecule has 143 valence electrons. The van der Waals surface area contributed by atoms with Crippen molar-refractivity contribution in [3.05, 3.63) is 0 Å². The van der Waals surface area contributed by atoms with Crippen LogP contribution in [0.3, 0.4) is 0 Å². The van der Waals surface area contributed by atoms with Crippen molar-refractivity contribution >= 4 is 14.8 Å². The SMILES string of the molecule is CCCCCCCCCCCCCCCCCC[Si](C)(C)O[C]=O. The van der Waals surface area contributed by atoms with E-state index < -0.39 is 8.32 Å². The predicted molar refractivity (Wildman–Crippen MR) is 109 cm³/mol. The average molecular weight is 356 g/mol. The first-order valence-corrected chi connectivity index (χ1v) is 13.8. The van der Waals surface area contributed by atoms with Crippen LogP contribution in [0.2, 0.25) is 19.1 Å². The first-order chi connectivity index (χ1) is 11.6. The second kappa shape index (κ2) is 17.5. The summed E-state index contributed by atoms with van der Waals surface area (Å²) in [5.74, 6) is 0. The fourth-order valence-corrected chi connectivity index (χ4v) is 4.69. The van der Waals surface area contributed by atoms with Gasteiger partial charge in [-0.25, -0.2) is 4.79 Å². The summed E-state index contributed by atoms with van der Waals surface area (Å²) < 4.78 is 5.09. The summed E-state index contributed by atoms with van der Waals surface area (Å²) >= 11 is 0. The van der Waals surface area contributed by atoms with E-state index in [1.165, 1.54) is 103 Å². The summed E-state index contributed by atoms with van der Waals surface area (Å²) in [6.45, 7) is 8.11. The Kier molecular flexibility index (Phi) is 17.3. The molecule has 3 heteroatoms. The Morgan fingerprint density at radius 2 is 0.958 bits per heavy atom. The number of rotatable bonds is 19. The summed E-state index contributed by atoms with van der Waals surface area (Å²) in [6, 6.07) is 1.08. The van der Waals surface area contributed by atoms with Crippen molar-refractivity contribution in [2.75, 3.05) is 0 Å². The molecule has 0 aliphatic carbocycles. The molecule has 0 saturated carbocycles. The molecular formula is C21H43O2Si. The monoisotopic (exact) mass is 355 g/mol. The van der Waals surface area contributed by atoms with Crippen LogP contribution in [0.1, 0.15) is 110 Å². The third-order valence-corrected chi connectivity index (χ3v) is 7.14. The quantitative estimate of drug-likeness (QED) is 0.177. The average Bonchev–Trinajstić information content (AvgIpc) is 2.54. The second-order valence-electron chi connectivity index (χ2n) is 8.00. The maximum Gasteiger partial charge on any atom is 0.402 e. The third kappa shape index (κ3) is 18.0. The van der Waals surface area contributed by atoms with Gasteiger partial charge < -0.3 is 4.43 Å². The largest absolute Gasteiger partial charge is 0.511 e. The highest BCUT2D eigenvalue weighted by Crippen LogP contribution is 2.17. The predicted octanol–water partition coefficient (Wildman–Crippen LogP) is 7.54. The molecule has 0 aliphatic heterocycles. The topological polar surface area (TPSA) is 26.3 Å². The fraction of sp³-hybridized carbons (Fsp3) is 0.952. The molecule has 0 fully saturated rings. The minimum atomic E-state index is -1.73. The summed E-state index contributed by atoms with van der Waals surface area (Å²) in [6.07, 6.45) is 22.4. The zero-order valence-corrected chi connectivity index (χ0v) is 17.8. The van der Waals surface area contributed by atoms with Crippen molar-refractivity contribution in [2.24, 2.45) is 0 Å². The molecule has 0 amide bonds. The lowest BCUT2D eigenvalue weighted by atomic mass is 10.0. The molecule has 0 aromatic rings. The Labute approximate surface area is 153 Å². The molecule has 1 radical (unpaired) electrons. The molecule has 2 nitrogen and oxygen atoms in total. The lowest BCUT2D eigenvalue weighted by Crippen LogP contribution is -2.29. The van der Waals surface area contributed by atoms with Gasteiger partial charge in [0.15, 0.2) is 0 Å². The van der Waals surface area contributed by atoms with Gasteiger partial charge in [-0.15, -0.1) is 0 Å². The Morgan fingerprint density at radius 1 is 0.625 bits per heavy atom. The second-order valence-corrected chi connectivity index (χ2v) is 12.2. The minimum absolute atomic E-state index is 1.08. The van der Waals surface area contributed by atoms with Gasteiger partial charge in [0.2, 0.25) is 8.32 Å². The van der Waals surface area contributed by atoms with Crippen molar-refractivity contribution in [3.8, 4) is 0 Å². The minimum Gasteiger partial charge on any atom is -0.511 e. The first kappa shape index (κ1) is 23.7. The van der Waals surface area contributed by atoms with Crippen LogP contribution in [-0.4, -0.2) is 14.8 Å². The number of unbranched alkanes of at least 4 members (excludes halogenated alkanes) is 15. The van der Waals surface area contributed by atoms with Crippen LogP contribution in [0.15, 0.2) is 0 Å². The normalized spacial score (nSPS) is 11.6. The van der Waals surface area contributed by atoms with E-state index in [9.17, 15) is 4.79 Å². The van der Waals surface area contributed by atoms with Crippen molar-refractivity contribution in [2.45, 2.75) is 129 Å². The van der Waals surface area contributed by atoms with Crippen molar-refractivity contribution in [1.82, 2.24) is 0 Å². The smallest absolute Gasteiger partial charge is 0.402 e. The fourth-order valence-electron chi connectivity index (χ4n) is 3.26. The summed E-state index contributed by atoms with van der Waals surface area (Å²) in [7, 11) is -1.73. The molecule has 0 N–H and O–H groups in total. The Morgan fingerprint density at radius 3 is 1.29 bits per heavy atom. The van der Waals surface area contributed by atoms with Crippen LogP contribution in [0.5, 0.6) is 0 Å². The van der Waals surface area contributed by atoms with Gasteiger partial charge >= 0.3 is 6.47 Å². The van der Waals surface area contributed by atoms with Gasteiger partial charge in [-0.2, -0.15) is 0 Å². The molecule has 0 aliphatic rings. The molecule has 0 aromatic carbocycles. The molecule has 0 heterocycles. The number of hydrogen-bond acceptors (Lipinski definition) is 2. The van der Waals surface area contributed by atoms with E-state index in [-0.39, 0.29) is 0 Å². The Hall–Kier alpha value is -0.313.